The highest BCUT2D eigenvalue weighted by atomic mass is 35.5. The van der Waals surface area contributed by atoms with Crippen molar-refractivity contribution in [3.05, 3.63) is 41.1 Å². The molecule has 0 aromatic carbocycles. The van der Waals surface area contributed by atoms with Gasteiger partial charge in [-0.1, -0.05) is 11.6 Å². The van der Waals surface area contributed by atoms with Crippen molar-refractivity contribution in [3.63, 3.8) is 0 Å². The monoisotopic (exact) mass is 448 g/mol. The molecule has 3 aromatic rings. The number of aromatic nitrogens is 2. The maximum atomic E-state index is 12.5. The molecule has 1 atom stereocenters. The molecule has 0 saturated heterocycles. The van der Waals surface area contributed by atoms with E-state index in [0.717, 1.165) is 38.5 Å². The third-order valence-electron chi connectivity index (χ3n) is 5.74. The molecular weight excluding hydrogens is 428 g/mol. The summed E-state index contributed by atoms with van der Waals surface area (Å²) in [6.07, 6.45) is 6.32. The minimum Gasteiger partial charge on any atom is -0.441 e. The van der Waals surface area contributed by atoms with Gasteiger partial charge in [-0.3, -0.25) is 4.79 Å². The van der Waals surface area contributed by atoms with Crippen LogP contribution in [-0.2, 0) is 9.73 Å². The Hall–Kier alpha value is -2.39. The number of rotatable bonds is 5. The lowest BCUT2D eigenvalue weighted by atomic mass is 9.86. The number of pyridine rings is 1. The smallest absolute Gasteiger partial charge is 0.287 e. The van der Waals surface area contributed by atoms with Gasteiger partial charge in [0, 0.05) is 18.2 Å². The van der Waals surface area contributed by atoms with Crippen LogP contribution in [-0.4, -0.2) is 31.4 Å². The zero-order valence-electron chi connectivity index (χ0n) is 16.1. The molecule has 158 valence electrons. The normalized spacial score (nSPS) is 23.9. The average Bonchev–Trinajstić information content (AvgIpc) is 3.32. The number of nitrogens with one attached hydrogen (secondary N) is 2. The van der Waals surface area contributed by atoms with Crippen LogP contribution in [0.25, 0.3) is 11.2 Å². The number of hydrogen-bond donors (Lipinski definition) is 2. The third-order valence-corrected chi connectivity index (χ3v) is 8.17. The molecule has 5 rings (SSSR count). The van der Waals surface area contributed by atoms with Crippen LogP contribution < -0.4 is 5.32 Å². The van der Waals surface area contributed by atoms with E-state index >= 15 is 0 Å². The molecule has 2 saturated carbocycles. The number of carbonyl (C=O) groups excluding carboxylic acids is 1. The summed E-state index contributed by atoms with van der Waals surface area (Å²) in [5, 5.41) is 3.46. The minimum atomic E-state index is -2.94. The predicted molar refractivity (Wildman–Crippen MR) is 110 cm³/mol. The standard InChI is InChI=1S/C20H21ClN4O4S/c21-12-9-15-20(23-10-12)29-19(25-15)11-1-3-13(4-2-11)24-18(26)16-7-8-17(28-16)30(22,27)14-5-6-14/h7-11,13-14,22H,1-6H2,(H,24,26)/t11?,13?,30-/m1/s1. The van der Waals surface area contributed by atoms with Gasteiger partial charge < -0.3 is 14.2 Å². The highest BCUT2D eigenvalue weighted by Crippen LogP contribution is 2.36. The van der Waals surface area contributed by atoms with Crippen molar-refractivity contribution in [2.75, 3.05) is 0 Å². The molecule has 2 fully saturated rings. The predicted octanol–water partition coefficient (Wildman–Crippen LogP) is 4.49. The molecule has 2 aliphatic carbocycles. The number of amides is 1. The third kappa shape index (κ3) is 3.72. The first kappa shape index (κ1) is 19.6. The Morgan fingerprint density at radius 3 is 2.67 bits per heavy atom. The molecular formula is C20H21ClN4O4S. The Bertz CT molecular complexity index is 1210. The summed E-state index contributed by atoms with van der Waals surface area (Å²) in [7, 11) is -2.94. The summed E-state index contributed by atoms with van der Waals surface area (Å²) in [5.74, 6) is 0.601. The van der Waals surface area contributed by atoms with Crippen LogP contribution in [0.1, 0.15) is 60.9 Å². The van der Waals surface area contributed by atoms with E-state index in [0.29, 0.717) is 22.1 Å². The van der Waals surface area contributed by atoms with Crippen molar-refractivity contribution >= 4 is 38.5 Å². The molecule has 0 aliphatic heterocycles. The summed E-state index contributed by atoms with van der Waals surface area (Å²) in [5.41, 5.74) is 1.13. The molecule has 0 bridgehead atoms. The molecule has 2 N–H and O–H groups in total. The lowest BCUT2D eigenvalue weighted by Crippen LogP contribution is -2.37. The molecule has 30 heavy (non-hydrogen) atoms. The largest absolute Gasteiger partial charge is 0.441 e. The van der Waals surface area contributed by atoms with E-state index in [4.69, 9.17) is 25.2 Å². The number of carbonyl (C=O) groups is 1. The zero-order chi connectivity index (χ0) is 20.9. The van der Waals surface area contributed by atoms with Crippen LogP contribution in [0.15, 0.2) is 38.3 Å². The van der Waals surface area contributed by atoms with Crippen LogP contribution in [0.5, 0.6) is 0 Å². The van der Waals surface area contributed by atoms with Crippen molar-refractivity contribution in [3.8, 4) is 0 Å². The first-order chi connectivity index (χ1) is 14.4. The van der Waals surface area contributed by atoms with Crippen LogP contribution in [0.4, 0.5) is 0 Å². The van der Waals surface area contributed by atoms with Crippen LogP contribution in [0.3, 0.4) is 0 Å². The van der Waals surface area contributed by atoms with Gasteiger partial charge >= 0.3 is 0 Å². The maximum Gasteiger partial charge on any atom is 0.287 e. The van der Waals surface area contributed by atoms with Gasteiger partial charge in [-0.25, -0.2) is 19.0 Å². The van der Waals surface area contributed by atoms with E-state index in [1.807, 2.05) is 0 Å². The summed E-state index contributed by atoms with van der Waals surface area (Å²) in [6.45, 7) is 0. The fourth-order valence-corrected chi connectivity index (χ4v) is 5.67. The molecule has 2 aliphatic rings. The Morgan fingerprint density at radius 2 is 1.93 bits per heavy atom. The van der Waals surface area contributed by atoms with Crippen LogP contribution >= 0.6 is 11.6 Å². The highest BCUT2D eigenvalue weighted by Gasteiger charge is 2.36. The van der Waals surface area contributed by atoms with Gasteiger partial charge in [-0.15, -0.1) is 0 Å². The SMILES string of the molecule is N=[S@](=O)(c1ccc(C(=O)NC2CCC(c3nc4cc(Cl)cnc4o3)CC2)o1)C1CC1. The average molecular weight is 449 g/mol. The highest BCUT2D eigenvalue weighted by molar-refractivity contribution is 7.93. The van der Waals surface area contributed by atoms with Gasteiger partial charge in [0.1, 0.15) is 15.2 Å². The van der Waals surface area contributed by atoms with Crippen molar-refractivity contribution in [1.29, 1.82) is 4.78 Å². The summed E-state index contributed by atoms with van der Waals surface area (Å²) in [6, 6.07) is 4.75. The van der Waals surface area contributed by atoms with Crippen molar-refractivity contribution in [1.82, 2.24) is 15.3 Å². The molecule has 0 radical (unpaired) electrons. The summed E-state index contributed by atoms with van der Waals surface area (Å²) < 4.78 is 31.7. The van der Waals surface area contributed by atoms with Gasteiger partial charge in [0.15, 0.2) is 10.9 Å². The van der Waals surface area contributed by atoms with Gasteiger partial charge in [-0.05, 0) is 56.7 Å². The van der Waals surface area contributed by atoms with E-state index in [-0.39, 0.29) is 34.0 Å². The molecule has 8 nitrogen and oxygen atoms in total. The molecule has 3 heterocycles. The molecule has 1 amide bonds. The molecule has 3 aromatic heterocycles. The topological polar surface area (TPSA) is 122 Å². The van der Waals surface area contributed by atoms with Crippen molar-refractivity contribution in [2.24, 2.45) is 0 Å². The van der Waals surface area contributed by atoms with E-state index in [1.165, 1.54) is 18.3 Å². The van der Waals surface area contributed by atoms with Crippen molar-refractivity contribution < 1.29 is 17.8 Å². The number of nitrogens with zero attached hydrogens (tertiary/aromatic N) is 2. The Labute approximate surface area is 178 Å². The number of halogens is 1. The first-order valence-electron chi connectivity index (χ1n) is 10.0. The maximum absolute atomic E-state index is 12.5. The summed E-state index contributed by atoms with van der Waals surface area (Å²) >= 11 is 5.96. The van der Waals surface area contributed by atoms with Crippen LogP contribution in [0, 0.1) is 4.78 Å². The number of oxazole rings is 1. The Kier molecular flexibility index (Phi) is 4.82. The Balaban J connectivity index is 1.20. The quantitative estimate of drug-likeness (QED) is 0.592. The minimum absolute atomic E-state index is 0.0167. The van der Waals surface area contributed by atoms with E-state index in [1.54, 1.807) is 6.07 Å². The fourth-order valence-electron chi connectivity index (χ4n) is 3.90. The van der Waals surface area contributed by atoms with E-state index in [2.05, 4.69) is 15.3 Å². The zero-order valence-corrected chi connectivity index (χ0v) is 17.7. The first-order valence-corrected chi connectivity index (χ1v) is 12.0. The molecule has 0 unspecified atom stereocenters. The second kappa shape index (κ2) is 7.39. The van der Waals surface area contributed by atoms with Gasteiger partial charge in [0.2, 0.25) is 11.6 Å². The molecule has 0 spiro atoms. The fraction of sp³-hybridized carbons (Fsp3) is 0.450. The summed E-state index contributed by atoms with van der Waals surface area (Å²) in [4.78, 5) is 21.2. The number of hydrogen-bond acceptors (Lipinski definition) is 7. The second-order valence-corrected chi connectivity index (χ2v) is 10.7. The van der Waals surface area contributed by atoms with Crippen LogP contribution in [0.2, 0.25) is 5.02 Å². The van der Waals surface area contributed by atoms with Crippen molar-refractivity contribution in [2.45, 2.75) is 60.8 Å². The lowest BCUT2D eigenvalue weighted by molar-refractivity contribution is 0.0891. The van der Waals surface area contributed by atoms with Gasteiger partial charge in [-0.2, -0.15) is 0 Å². The van der Waals surface area contributed by atoms with Gasteiger partial charge in [0.25, 0.3) is 5.91 Å². The van der Waals surface area contributed by atoms with Gasteiger partial charge in [0.05, 0.1) is 10.3 Å². The Morgan fingerprint density at radius 1 is 1.17 bits per heavy atom. The lowest BCUT2D eigenvalue weighted by Gasteiger charge is -2.27. The second-order valence-electron chi connectivity index (χ2n) is 7.97. The molecule has 10 heteroatoms. The number of fused-ring (bicyclic) bond motifs is 1. The number of furan rings is 1. The van der Waals surface area contributed by atoms with E-state index in [9.17, 15) is 9.00 Å². The van der Waals surface area contributed by atoms with E-state index < -0.39 is 9.73 Å².